The first-order valence-electron chi connectivity index (χ1n) is 7.62. The SMILES string of the molecule is Cc1[nH]c(F)cc2c3ccc(=O)cc3n(CCN(C)CCO)c12. The zero-order valence-corrected chi connectivity index (χ0v) is 13.3. The molecule has 0 aliphatic rings. The van der Waals surface area contributed by atoms with Crippen molar-refractivity contribution in [3.63, 3.8) is 0 Å². The van der Waals surface area contributed by atoms with E-state index in [1.54, 1.807) is 12.1 Å². The Balaban J connectivity index is 2.19. The van der Waals surface area contributed by atoms with Crippen LogP contribution < -0.4 is 5.43 Å². The summed E-state index contributed by atoms with van der Waals surface area (Å²) in [6.07, 6.45) is 0. The molecule has 0 spiro atoms. The maximum atomic E-state index is 13.8. The number of benzene rings is 1. The number of likely N-dealkylation sites (N-methyl/N-ethyl adjacent to an activating group) is 1. The summed E-state index contributed by atoms with van der Waals surface area (Å²) in [5, 5.41) is 10.7. The summed E-state index contributed by atoms with van der Waals surface area (Å²) in [5.41, 5.74) is 2.39. The van der Waals surface area contributed by atoms with Crippen molar-refractivity contribution in [2.45, 2.75) is 13.5 Å². The number of nitrogens with zero attached hydrogens (tertiary/aromatic N) is 2. The number of hydrogen-bond donors (Lipinski definition) is 2. The molecule has 5 nitrogen and oxygen atoms in total. The first kappa shape index (κ1) is 15.7. The highest BCUT2D eigenvalue weighted by molar-refractivity contribution is 6.08. The van der Waals surface area contributed by atoms with Crippen LogP contribution in [0.15, 0.2) is 29.1 Å². The van der Waals surface area contributed by atoms with Crippen molar-refractivity contribution in [3.8, 4) is 0 Å². The average Bonchev–Trinajstić information content (AvgIpc) is 2.78. The average molecular weight is 317 g/mol. The first-order chi connectivity index (χ1) is 11.0. The summed E-state index contributed by atoms with van der Waals surface area (Å²) in [6.45, 7) is 3.89. The van der Waals surface area contributed by atoms with Crippen LogP contribution >= 0.6 is 0 Å². The van der Waals surface area contributed by atoms with Gasteiger partial charge >= 0.3 is 0 Å². The van der Waals surface area contributed by atoms with Gasteiger partial charge in [0.05, 0.1) is 17.6 Å². The van der Waals surface area contributed by atoms with Gasteiger partial charge in [0, 0.05) is 48.2 Å². The molecule has 0 saturated carbocycles. The first-order valence-corrected chi connectivity index (χ1v) is 7.62. The number of hydrogen-bond acceptors (Lipinski definition) is 3. The van der Waals surface area contributed by atoms with Crippen molar-refractivity contribution in [1.29, 1.82) is 0 Å². The molecule has 3 aromatic rings. The van der Waals surface area contributed by atoms with Gasteiger partial charge in [-0.2, -0.15) is 4.39 Å². The van der Waals surface area contributed by atoms with Gasteiger partial charge in [-0.05, 0) is 26.1 Å². The quantitative estimate of drug-likeness (QED) is 0.706. The number of aromatic nitrogens is 2. The topological polar surface area (TPSA) is 61.3 Å². The summed E-state index contributed by atoms with van der Waals surface area (Å²) >= 11 is 0. The maximum Gasteiger partial charge on any atom is 0.191 e. The number of aliphatic hydroxyl groups excluding tert-OH is 1. The molecule has 0 fully saturated rings. The third-order valence-electron chi connectivity index (χ3n) is 4.20. The fraction of sp³-hybridized carbons (Fsp3) is 0.353. The maximum absolute atomic E-state index is 13.8. The van der Waals surface area contributed by atoms with Crippen molar-refractivity contribution in [2.75, 3.05) is 26.7 Å². The van der Waals surface area contributed by atoms with Crippen LogP contribution in [0.25, 0.3) is 21.8 Å². The second kappa shape index (κ2) is 6.14. The Bertz CT molecular complexity index is 913. The fourth-order valence-electron chi connectivity index (χ4n) is 3.09. The number of aliphatic hydroxyl groups is 1. The van der Waals surface area contributed by atoms with Gasteiger partial charge in [0.25, 0.3) is 0 Å². The van der Waals surface area contributed by atoms with Gasteiger partial charge in [-0.25, -0.2) is 0 Å². The van der Waals surface area contributed by atoms with Crippen molar-refractivity contribution in [3.05, 3.63) is 46.1 Å². The lowest BCUT2D eigenvalue weighted by Crippen LogP contribution is -2.26. The standard InChI is InChI=1S/C17H20FN3O2/c1-11-17-14(10-16(18)19-11)13-4-3-12(23)9-15(13)21(17)6-5-20(2)7-8-22/h3-4,9-10,19,22H,5-8H2,1-2H3. The number of nitrogens with one attached hydrogen (secondary N) is 1. The number of pyridine rings is 1. The van der Waals surface area contributed by atoms with Crippen LogP contribution in [0.5, 0.6) is 0 Å². The van der Waals surface area contributed by atoms with Crippen molar-refractivity contribution in [2.24, 2.45) is 0 Å². The van der Waals surface area contributed by atoms with Gasteiger partial charge in [0.15, 0.2) is 11.4 Å². The lowest BCUT2D eigenvalue weighted by Gasteiger charge is -2.17. The van der Waals surface area contributed by atoms with E-state index < -0.39 is 5.95 Å². The van der Waals surface area contributed by atoms with Gasteiger partial charge in [0.1, 0.15) is 0 Å². The Morgan fingerprint density at radius 3 is 2.78 bits per heavy atom. The summed E-state index contributed by atoms with van der Waals surface area (Å²) < 4.78 is 15.8. The Morgan fingerprint density at radius 1 is 1.26 bits per heavy atom. The molecule has 3 rings (SSSR count). The summed E-state index contributed by atoms with van der Waals surface area (Å²) in [7, 11) is 1.93. The van der Waals surface area contributed by atoms with Crippen molar-refractivity contribution in [1.82, 2.24) is 14.5 Å². The predicted octanol–water partition coefficient (Wildman–Crippen LogP) is 1.85. The molecule has 2 N–H and O–H groups in total. The van der Waals surface area contributed by atoms with E-state index in [1.807, 2.05) is 23.4 Å². The van der Waals surface area contributed by atoms with Crippen molar-refractivity contribution < 1.29 is 9.50 Å². The van der Waals surface area contributed by atoms with E-state index in [0.29, 0.717) is 13.1 Å². The zero-order chi connectivity index (χ0) is 16.6. The number of rotatable bonds is 5. The number of halogens is 1. The summed E-state index contributed by atoms with van der Waals surface area (Å²) in [4.78, 5) is 16.5. The van der Waals surface area contributed by atoms with E-state index in [2.05, 4.69) is 4.98 Å². The Kier molecular flexibility index (Phi) is 4.19. The molecule has 0 amide bonds. The molecule has 0 unspecified atom stereocenters. The molecule has 0 saturated heterocycles. The minimum Gasteiger partial charge on any atom is -0.395 e. The number of aromatic amines is 1. The van der Waals surface area contributed by atoms with E-state index in [0.717, 1.165) is 34.0 Å². The van der Waals surface area contributed by atoms with Crippen LogP contribution in [0.3, 0.4) is 0 Å². The number of H-pyrrole nitrogens is 1. The number of fused-ring (bicyclic) bond motifs is 3. The van der Waals surface area contributed by atoms with Crippen LogP contribution in [0, 0.1) is 12.9 Å². The van der Waals surface area contributed by atoms with Gasteiger partial charge in [-0.3, -0.25) is 4.79 Å². The summed E-state index contributed by atoms with van der Waals surface area (Å²) in [5.74, 6) is -0.391. The molecule has 0 radical (unpaired) electrons. The number of aryl methyl sites for hydroxylation is 1. The van der Waals surface area contributed by atoms with Crippen LogP contribution in [0.1, 0.15) is 5.69 Å². The molecule has 23 heavy (non-hydrogen) atoms. The molecule has 6 heteroatoms. The van der Waals surface area contributed by atoms with Gasteiger partial charge < -0.3 is 19.6 Å². The van der Waals surface area contributed by atoms with E-state index in [1.165, 1.54) is 12.1 Å². The van der Waals surface area contributed by atoms with Crippen LogP contribution in [0.4, 0.5) is 4.39 Å². The third-order valence-corrected chi connectivity index (χ3v) is 4.20. The molecular weight excluding hydrogens is 297 g/mol. The highest BCUT2D eigenvalue weighted by Crippen LogP contribution is 2.30. The van der Waals surface area contributed by atoms with Crippen LogP contribution in [-0.4, -0.2) is 46.3 Å². The van der Waals surface area contributed by atoms with Crippen LogP contribution in [-0.2, 0) is 6.54 Å². The largest absolute Gasteiger partial charge is 0.395 e. The van der Waals surface area contributed by atoms with Gasteiger partial charge in [0.2, 0.25) is 0 Å². The lowest BCUT2D eigenvalue weighted by molar-refractivity contribution is 0.218. The highest BCUT2D eigenvalue weighted by Gasteiger charge is 2.14. The molecule has 2 aromatic heterocycles. The molecule has 122 valence electrons. The lowest BCUT2D eigenvalue weighted by atomic mass is 10.1. The van der Waals surface area contributed by atoms with E-state index in [4.69, 9.17) is 5.11 Å². The molecular formula is C17H20FN3O2. The Hall–Kier alpha value is -2.18. The molecule has 0 atom stereocenters. The second-order valence-corrected chi connectivity index (χ2v) is 5.86. The van der Waals surface area contributed by atoms with E-state index >= 15 is 0 Å². The smallest absolute Gasteiger partial charge is 0.191 e. The monoisotopic (exact) mass is 317 g/mol. The molecule has 2 heterocycles. The zero-order valence-electron chi connectivity index (χ0n) is 13.3. The molecule has 0 aliphatic heterocycles. The Labute approximate surface area is 133 Å². The minimum atomic E-state index is -0.391. The molecule has 0 aliphatic carbocycles. The highest BCUT2D eigenvalue weighted by atomic mass is 19.1. The fourth-order valence-corrected chi connectivity index (χ4v) is 3.09. The van der Waals surface area contributed by atoms with Crippen LogP contribution in [0.2, 0.25) is 0 Å². The van der Waals surface area contributed by atoms with Gasteiger partial charge in [-0.15, -0.1) is 0 Å². The second-order valence-electron chi connectivity index (χ2n) is 5.86. The van der Waals surface area contributed by atoms with Gasteiger partial charge in [-0.1, -0.05) is 0 Å². The van der Waals surface area contributed by atoms with E-state index in [-0.39, 0.29) is 12.0 Å². The summed E-state index contributed by atoms with van der Waals surface area (Å²) in [6, 6.07) is 6.34. The minimum absolute atomic E-state index is 0.0626. The predicted molar refractivity (Wildman–Crippen MR) is 89.3 cm³/mol. The molecule has 0 bridgehead atoms. The Morgan fingerprint density at radius 2 is 2.04 bits per heavy atom. The van der Waals surface area contributed by atoms with E-state index in [9.17, 15) is 9.18 Å². The molecule has 1 aromatic carbocycles. The van der Waals surface area contributed by atoms with Crippen molar-refractivity contribution >= 4 is 21.8 Å². The third kappa shape index (κ3) is 2.87. The normalized spacial score (nSPS) is 11.9.